The molecule has 2 rings (SSSR count). The molecular weight excluding hydrogens is 220 g/mol. The Morgan fingerprint density at radius 1 is 1.53 bits per heavy atom. The van der Waals surface area contributed by atoms with E-state index in [1.165, 1.54) is 0 Å². The van der Waals surface area contributed by atoms with Crippen LogP contribution in [0.25, 0.3) is 10.9 Å². The van der Waals surface area contributed by atoms with Crippen LogP contribution in [-0.2, 0) is 18.2 Å². The van der Waals surface area contributed by atoms with Gasteiger partial charge in [0.05, 0.1) is 23.4 Å². The third-order valence-corrected chi connectivity index (χ3v) is 2.72. The topological polar surface area (TPSA) is 64.4 Å². The van der Waals surface area contributed by atoms with E-state index in [0.29, 0.717) is 13.0 Å². The zero-order valence-electron chi connectivity index (χ0n) is 9.80. The van der Waals surface area contributed by atoms with Crippen molar-refractivity contribution in [1.82, 2.24) is 9.78 Å². The molecule has 1 N–H and O–H groups in total. The number of hydrogen-bond acceptors (Lipinski definition) is 3. The van der Waals surface area contributed by atoms with Crippen molar-refractivity contribution in [2.24, 2.45) is 7.05 Å². The van der Waals surface area contributed by atoms with Crippen molar-refractivity contribution in [3.05, 3.63) is 29.5 Å². The molecule has 0 unspecified atom stereocenters. The smallest absolute Gasteiger partial charge is 0.335 e. The minimum absolute atomic E-state index is 0.282. The molecule has 0 radical (unpaired) electrons. The first kappa shape index (κ1) is 11.6. The number of aromatic nitrogens is 2. The number of benzene rings is 1. The maximum absolute atomic E-state index is 10.9. The highest BCUT2D eigenvalue weighted by Crippen LogP contribution is 2.20. The van der Waals surface area contributed by atoms with Gasteiger partial charge >= 0.3 is 5.97 Å². The van der Waals surface area contributed by atoms with E-state index >= 15 is 0 Å². The number of hydrogen-bond donors (Lipinski definition) is 1. The molecule has 0 aliphatic carbocycles. The summed E-state index contributed by atoms with van der Waals surface area (Å²) in [4.78, 5) is 10.9. The van der Waals surface area contributed by atoms with Gasteiger partial charge in [-0.2, -0.15) is 5.10 Å². The normalized spacial score (nSPS) is 10.9. The summed E-state index contributed by atoms with van der Waals surface area (Å²) in [6, 6.07) is 5.03. The molecule has 0 aliphatic heterocycles. The summed E-state index contributed by atoms with van der Waals surface area (Å²) in [7, 11) is 3.48. The van der Waals surface area contributed by atoms with Gasteiger partial charge in [-0.15, -0.1) is 0 Å². The van der Waals surface area contributed by atoms with E-state index in [-0.39, 0.29) is 5.56 Å². The Labute approximate surface area is 98.6 Å². The van der Waals surface area contributed by atoms with Gasteiger partial charge in [-0.1, -0.05) is 0 Å². The summed E-state index contributed by atoms with van der Waals surface area (Å²) < 4.78 is 6.77. The summed E-state index contributed by atoms with van der Waals surface area (Å²) in [5, 5.41) is 14.2. The predicted octanol–water partition coefficient (Wildman–Crippen LogP) is 1.46. The number of carboxylic acid groups (broad SMARTS) is 1. The first-order chi connectivity index (χ1) is 8.13. The Bertz CT molecular complexity index is 560. The van der Waals surface area contributed by atoms with Gasteiger partial charge in [-0.25, -0.2) is 4.79 Å². The third-order valence-electron chi connectivity index (χ3n) is 2.72. The van der Waals surface area contributed by atoms with E-state index in [1.807, 2.05) is 7.05 Å². The highest BCUT2D eigenvalue weighted by Gasteiger charge is 2.11. The van der Waals surface area contributed by atoms with Crippen LogP contribution in [0.4, 0.5) is 0 Å². The molecule has 1 aromatic carbocycles. The van der Waals surface area contributed by atoms with Crippen LogP contribution in [0.15, 0.2) is 18.2 Å². The molecule has 0 saturated carbocycles. The van der Waals surface area contributed by atoms with Crippen molar-refractivity contribution in [1.29, 1.82) is 0 Å². The average Bonchev–Trinajstić information content (AvgIpc) is 2.63. The van der Waals surface area contributed by atoms with E-state index in [1.54, 1.807) is 30.0 Å². The molecule has 5 nitrogen and oxygen atoms in total. The summed E-state index contributed by atoms with van der Waals surface area (Å²) in [6.45, 7) is 0.573. The molecule has 90 valence electrons. The van der Waals surface area contributed by atoms with Crippen molar-refractivity contribution in [3.63, 3.8) is 0 Å². The van der Waals surface area contributed by atoms with Crippen LogP contribution in [-0.4, -0.2) is 34.6 Å². The summed E-state index contributed by atoms with van der Waals surface area (Å²) in [5.74, 6) is -0.923. The van der Waals surface area contributed by atoms with Crippen LogP contribution in [0.5, 0.6) is 0 Å². The number of ether oxygens (including phenoxy) is 1. The highest BCUT2D eigenvalue weighted by molar-refractivity contribution is 5.94. The van der Waals surface area contributed by atoms with Gasteiger partial charge in [0.1, 0.15) is 0 Å². The number of carbonyl (C=O) groups is 1. The SMILES string of the molecule is COCCc1nn(C)c2ccc(C(=O)O)cc12. The van der Waals surface area contributed by atoms with Crippen LogP contribution in [0.3, 0.4) is 0 Å². The van der Waals surface area contributed by atoms with Crippen LogP contribution >= 0.6 is 0 Å². The monoisotopic (exact) mass is 234 g/mol. The van der Waals surface area contributed by atoms with E-state index in [2.05, 4.69) is 5.10 Å². The lowest BCUT2D eigenvalue weighted by molar-refractivity contribution is 0.0697. The van der Waals surface area contributed by atoms with E-state index < -0.39 is 5.97 Å². The number of fused-ring (bicyclic) bond motifs is 1. The second kappa shape index (κ2) is 4.55. The fourth-order valence-electron chi connectivity index (χ4n) is 1.85. The lowest BCUT2D eigenvalue weighted by Crippen LogP contribution is -1.97. The zero-order chi connectivity index (χ0) is 12.4. The van der Waals surface area contributed by atoms with E-state index in [9.17, 15) is 4.79 Å². The molecule has 1 aromatic heterocycles. The number of nitrogens with zero attached hydrogens (tertiary/aromatic N) is 2. The molecule has 17 heavy (non-hydrogen) atoms. The first-order valence-corrected chi connectivity index (χ1v) is 5.31. The number of rotatable bonds is 4. The quantitative estimate of drug-likeness (QED) is 0.869. The average molecular weight is 234 g/mol. The Hall–Kier alpha value is -1.88. The molecule has 0 atom stereocenters. The molecule has 5 heteroatoms. The van der Waals surface area contributed by atoms with Gasteiger partial charge in [0.15, 0.2) is 0 Å². The Kier molecular flexibility index (Phi) is 3.10. The summed E-state index contributed by atoms with van der Waals surface area (Å²) in [5.41, 5.74) is 2.08. The molecule has 0 saturated heterocycles. The van der Waals surface area contributed by atoms with Gasteiger partial charge in [0.25, 0.3) is 0 Å². The van der Waals surface area contributed by atoms with Gasteiger partial charge in [0, 0.05) is 26.0 Å². The maximum atomic E-state index is 10.9. The Balaban J connectivity index is 2.52. The predicted molar refractivity (Wildman–Crippen MR) is 63.3 cm³/mol. The van der Waals surface area contributed by atoms with Crippen molar-refractivity contribution in [2.75, 3.05) is 13.7 Å². The van der Waals surface area contributed by atoms with Crippen LogP contribution in [0.2, 0.25) is 0 Å². The second-order valence-corrected chi connectivity index (χ2v) is 3.85. The molecule has 0 bridgehead atoms. The van der Waals surface area contributed by atoms with Gasteiger partial charge in [-0.3, -0.25) is 4.68 Å². The summed E-state index contributed by atoms with van der Waals surface area (Å²) in [6.07, 6.45) is 0.677. The van der Waals surface area contributed by atoms with Crippen molar-refractivity contribution in [2.45, 2.75) is 6.42 Å². The first-order valence-electron chi connectivity index (χ1n) is 5.31. The fourth-order valence-corrected chi connectivity index (χ4v) is 1.85. The third kappa shape index (κ3) is 2.14. The minimum Gasteiger partial charge on any atom is -0.478 e. The van der Waals surface area contributed by atoms with E-state index in [0.717, 1.165) is 16.6 Å². The van der Waals surface area contributed by atoms with Crippen LogP contribution in [0.1, 0.15) is 16.1 Å². The van der Waals surface area contributed by atoms with E-state index in [4.69, 9.17) is 9.84 Å². The van der Waals surface area contributed by atoms with Crippen LogP contribution < -0.4 is 0 Å². The van der Waals surface area contributed by atoms with Crippen molar-refractivity contribution < 1.29 is 14.6 Å². The highest BCUT2D eigenvalue weighted by atomic mass is 16.5. The lowest BCUT2D eigenvalue weighted by atomic mass is 10.1. The molecule has 0 aliphatic rings. The zero-order valence-corrected chi connectivity index (χ0v) is 9.80. The molecule has 0 amide bonds. The minimum atomic E-state index is -0.923. The number of carboxylic acids is 1. The van der Waals surface area contributed by atoms with Gasteiger partial charge < -0.3 is 9.84 Å². The number of aromatic carboxylic acids is 1. The van der Waals surface area contributed by atoms with Gasteiger partial charge in [-0.05, 0) is 18.2 Å². The number of aryl methyl sites for hydroxylation is 1. The molecule has 2 aromatic rings. The number of methoxy groups -OCH3 is 1. The van der Waals surface area contributed by atoms with Crippen LogP contribution in [0, 0.1) is 0 Å². The molecule has 0 fully saturated rings. The van der Waals surface area contributed by atoms with Crippen molar-refractivity contribution in [3.8, 4) is 0 Å². The standard InChI is InChI=1S/C12H14N2O3/c1-14-11-4-3-8(12(15)16)7-9(11)10(13-14)5-6-17-2/h3-4,7H,5-6H2,1-2H3,(H,15,16). The maximum Gasteiger partial charge on any atom is 0.335 e. The second-order valence-electron chi connectivity index (χ2n) is 3.85. The molecule has 0 spiro atoms. The summed E-state index contributed by atoms with van der Waals surface area (Å²) >= 11 is 0. The molecule has 1 heterocycles. The fraction of sp³-hybridized carbons (Fsp3) is 0.333. The molecular formula is C12H14N2O3. The van der Waals surface area contributed by atoms with Gasteiger partial charge in [0.2, 0.25) is 0 Å². The largest absolute Gasteiger partial charge is 0.478 e. The lowest BCUT2D eigenvalue weighted by Gasteiger charge is -1.98. The Morgan fingerprint density at radius 3 is 2.94 bits per heavy atom. The Morgan fingerprint density at radius 2 is 2.29 bits per heavy atom. The van der Waals surface area contributed by atoms with Crippen molar-refractivity contribution >= 4 is 16.9 Å².